The number of rotatable bonds is 3. The molecule has 1 aromatic heterocycles. The van der Waals surface area contributed by atoms with Crippen molar-refractivity contribution < 1.29 is 14.4 Å². The SMILES string of the molecule is Cl.N#[N+]c1c(C(=N)[O-])noc1C(=O)c1ccccc1. The standard InChI is InChI=1S/C11H6N4O3.ClH/c12-11(17)8-7(14-13)10(18-15-8)9(16)6-4-2-1-3-5-6;/h1-5H,(H-,12,17);1H. The molecular formula is C11H7ClN4O3. The quantitative estimate of drug-likeness (QED) is 0.395. The van der Waals surface area contributed by atoms with Crippen molar-refractivity contribution in [2.24, 2.45) is 0 Å². The summed E-state index contributed by atoms with van der Waals surface area (Å²) in [4.78, 5) is 14.8. The summed E-state index contributed by atoms with van der Waals surface area (Å²) in [5, 5.41) is 29.8. The van der Waals surface area contributed by atoms with Gasteiger partial charge in [-0.05, 0) is 0 Å². The molecule has 0 bridgehead atoms. The molecule has 0 atom stereocenters. The van der Waals surface area contributed by atoms with Crippen LogP contribution < -0.4 is 5.11 Å². The van der Waals surface area contributed by atoms with E-state index in [1.54, 1.807) is 18.2 Å². The maximum absolute atomic E-state index is 12.0. The number of benzene rings is 1. The predicted octanol–water partition coefficient (Wildman–Crippen LogP) is 1.50. The molecule has 8 heteroatoms. The van der Waals surface area contributed by atoms with Gasteiger partial charge in [-0.3, -0.25) is 4.79 Å². The molecule has 0 saturated heterocycles. The first kappa shape index (κ1) is 14.3. The third-order valence-corrected chi connectivity index (χ3v) is 2.22. The van der Waals surface area contributed by atoms with E-state index in [0.717, 1.165) is 0 Å². The lowest BCUT2D eigenvalue weighted by atomic mass is 10.1. The molecule has 2 aromatic rings. The Kier molecular flexibility index (Phi) is 4.34. The van der Waals surface area contributed by atoms with E-state index in [0.29, 0.717) is 5.56 Å². The fourth-order valence-electron chi connectivity index (χ4n) is 1.40. The Morgan fingerprint density at radius 3 is 2.53 bits per heavy atom. The molecule has 96 valence electrons. The second-order valence-corrected chi connectivity index (χ2v) is 3.33. The molecule has 0 unspecified atom stereocenters. The molecule has 1 heterocycles. The summed E-state index contributed by atoms with van der Waals surface area (Å²) in [6, 6.07) is 8.10. The Morgan fingerprint density at radius 1 is 1.37 bits per heavy atom. The van der Waals surface area contributed by atoms with Crippen LogP contribution in [0, 0.1) is 10.8 Å². The van der Waals surface area contributed by atoms with E-state index in [4.69, 9.17) is 10.8 Å². The van der Waals surface area contributed by atoms with E-state index in [9.17, 15) is 9.90 Å². The zero-order valence-corrected chi connectivity index (χ0v) is 10.2. The molecular weight excluding hydrogens is 272 g/mol. The van der Waals surface area contributed by atoms with Crippen molar-refractivity contribution in [2.45, 2.75) is 0 Å². The summed E-state index contributed by atoms with van der Waals surface area (Å²) in [7, 11) is 0. The molecule has 7 nitrogen and oxygen atoms in total. The van der Waals surface area contributed by atoms with Crippen molar-refractivity contribution in [3.05, 3.63) is 52.3 Å². The van der Waals surface area contributed by atoms with Crippen LogP contribution in [0.15, 0.2) is 34.9 Å². The smallest absolute Gasteiger partial charge is 0.463 e. The molecule has 0 aliphatic heterocycles. The molecule has 0 amide bonds. The lowest BCUT2D eigenvalue weighted by molar-refractivity contribution is -0.215. The highest BCUT2D eigenvalue weighted by atomic mass is 35.5. The van der Waals surface area contributed by atoms with Crippen molar-refractivity contribution in [2.75, 3.05) is 0 Å². The molecule has 1 aromatic carbocycles. The first-order valence-corrected chi connectivity index (χ1v) is 4.85. The minimum Gasteiger partial charge on any atom is -0.857 e. The molecule has 0 aliphatic carbocycles. The van der Waals surface area contributed by atoms with Crippen LogP contribution in [0.3, 0.4) is 0 Å². The van der Waals surface area contributed by atoms with E-state index in [-0.39, 0.29) is 18.2 Å². The summed E-state index contributed by atoms with van der Waals surface area (Å²) >= 11 is 0. The van der Waals surface area contributed by atoms with Gasteiger partial charge in [0.15, 0.2) is 4.98 Å². The molecule has 0 spiro atoms. The minimum atomic E-state index is -1.20. The van der Waals surface area contributed by atoms with Crippen LogP contribution in [0.4, 0.5) is 5.69 Å². The first-order valence-electron chi connectivity index (χ1n) is 4.85. The molecule has 0 radical (unpaired) electrons. The van der Waals surface area contributed by atoms with Crippen molar-refractivity contribution in [1.29, 1.82) is 10.8 Å². The number of nitrogens with zero attached hydrogens (tertiary/aromatic N) is 3. The van der Waals surface area contributed by atoms with Gasteiger partial charge in [-0.25, -0.2) is 0 Å². The van der Waals surface area contributed by atoms with Gasteiger partial charge in [-0.15, -0.1) is 12.4 Å². The summed E-state index contributed by atoms with van der Waals surface area (Å²) in [5.41, 5.74) is -0.636. The van der Waals surface area contributed by atoms with Crippen molar-refractivity contribution >= 4 is 29.8 Å². The van der Waals surface area contributed by atoms with Crippen LogP contribution in [0.2, 0.25) is 0 Å². The monoisotopic (exact) mass is 278 g/mol. The average molecular weight is 279 g/mol. The normalized spacial score (nSPS) is 9.21. The van der Waals surface area contributed by atoms with Gasteiger partial charge in [-0.2, -0.15) is 0 Å². The summed E-state index contributed by atoms with van der Waals surface area (Å²) in [5.74, 6) is -2.15. The number of nitrogens with one attached hydrogen (secondary N) is 1. The largest absolute Gasteiger partial charge is 0.857 e. The van der Waals surface area contributed by atoms with Gasteiger partial charge in [0.05, 0.1) is 0 Å². The summed E-state index contributed by atoms with van der Waals surface area (Å²) in [6.07, 6.45) is 0. The number of hydrogen-bond donors (Lipinski definition) is 1. The molecule has 1 N–H and O–H groups in total. The van der Waals surface area contributed by atoms with Crippen molar-refractivity contribution in [3.8, 4) is 0 Å². The second kappa shape index (κ2) is 5.75. The third kappa shape index (κ3) is 2.59. The van der Waals surface area contributed by atoms with Crippen LogP contribution in [-0.4, -0.2) is 16.8 Å². The van der Waals surface area contributed by atoms with E-state index in [1.807, 2.05) is 0 Å². The van der Waals surface area contributed by atoms with Crippen LogP contribution in [-0.2, 0) is 0 Å². The maximum atomic E-state index is 12.0. The van der Waals surface area contributed by atoms with Gasteiger partial charge in [-0.1, -0.05) is 35.5 Å². The molecule has 2 rings (SSSR count). The molecule has 0 saturated carbocycles. The Labute approximate surface area is 113 Å². The average Bonchev–Trinajstić information content (AvgIpc) is 2.82. The number of halogens is 1. The minimum absolute atomic E-state index is 0. The zero-order valence-electron chi connectivity index (χ0n) is 9.36. The molecule has 0 fully saturated rings. The van der Waals surface area contributed by atoms with Gasteiger partial charge >= 0.3 is 11.4 Å². The Bertz CT molecular complexity index is 660. The van der Waals surface area contributed by atoms with Gasteiger partial charge in [0.25, 0.3) is 0 Å². The van der Waals surface area contributed by atoms with Gasteiger partial charge in [0.2, 0.25) is 16.9 Å². The van der Waals surface area contributed by atoms with Crippen molar-refractivity contribution in [1.82, 2.24) is 5.16 Å². The van der Waals surface area contributed by atoms with Crippen LogP contribution >= 0.6 is 12.4 Å². The van der Waals surface area contributed by atoms with Gasteiger partial charge in [0.1, 0.15) is 0 Å². The van der Waals surface area contributed by atoms with Crippen molar-refractivity contribution in [3.63, 3.8) is 0 Å². The van der Waals surface area contributed by atoms with Crippen LogP contribution in [0.25, 0.3) is 4.98 Å². The topological polar surface area (TPSA) is 118 Å². The maximum Gasteiger partial charge on any atom is 0.463 e. The number of carbonyl (C=O) groups excluding carboxylic acids is 1. The number of aromatic nitrogens is 1. The van der Waals surface area contributed by atoms with Crippen LogP contribution in [0.1, 0.15) is 21.8 Å². The lowest BCUT2D eigenvalue weighted by Gasteiger charge is -1.96. The number of hydrogen-bond acceptors (Lipinski definition) is 6. The Balaban J connectivity index is 0.00000180. The lowest BCUT2D eigenvalue weighted by Crippen LogP contribution is -2.17. The van der Waals surface area contributed by atoms with Gasteiger partial charge in [0, 0.05) is 11.5 Å². The van der Waals surface area contributed by atoms with E-state index < -0.39 is 23.1 Å². The molecule has 0 aliphatic rings. The predicted molar refractivity (Wildman–Crippen MR) is 65.2 cm³/mol. The fourth-order valence-corrected chi connectivity index (χ4v) is 1.40. The number of ketones is 1. The summed E-state index contributed by atoms with van der Waals surface area (Å²) in [6.45, 7) is 0. The molecule has 19 heavy (non-hydrogen) atoms. The highest BCUT2D eigenvalue weighted by molar-refractivity contribution is 6.12. The van der Waals surface area contributed by atoms with Gasteiger partial charge < -0.3 is 15.0 Å². The summed E-state index contributed by atoms with van der Waals surface area (Å²) < 4.78 is 4.67. The highest BCUT2D eigenvalue weighted by Gasteiger charge is 2.33. The van der Waals surface area contributed by atoms with E-state index in [2.05, 4.69) is 14.7 Å². The van der Waals surface area contributed by atoms with Crippen LogP contribution in [0.5, 0.6) is 0 Å². The van der Waals surface area contributed by atoms with E-state index in [1.165, 1.54) is 12.1 Å². The second-order valence-electron chi connectivity index (χ2n) is 3.33. The third-order valence-electron chi connectivity index (χ3n) is 2.22. The first-order chi connectivity index (χ1) is 8.65. The number of carbonyl (C=O) groups is 1. The number of diazo groups is 1. The van der Waals surface area contributed by atoms with E-state index >= 15 is 0 Å². The Morgan fingerprint density at radius 2 is 2.00 bits per heavy atom. The fraction of sp³-hybridized carbons (Fsp3) is 0. The zero-order chi connectivity index (χ0) is 13.1. The highest BCUT2D eigenvalue weighted by Crippen LogP contribution is 2.26. The Hall–Kier alpha value is -2.72.